The first-order chi connectivity index (χ1) is 6.75. The van der Waals surface area contributed by atoms with Gasteiger partial charge in [-0.15, -0.1) is 0 Å². The van der Waals surface area contributed by atoms with Crippen molar-refractivity contribution in [2.24, 2.45) is 0 Å². The van der Waals surface area contributed by atoms with Crippen LogP contribution in [0.15, 0.2) is 24.3 Å². The van der Waals surface area contributed by atoms with E-state index in [4.69, 9.17) is 0 Å². The van der Waals surface area contributed by atoms with Crippen LogP contribution in [0.3, 0.4) is 0 Å². The van der Waals surface area contributed by atoms with Crippen LogP contribution in [0.2, 0.25) is 0 Å². The zero-order valence-electron chi connectivity index (χ0n) is 8.55. The number of hydrogen-bond acceptors (Lipinski definition) is 0. The van der Waals surface area contributed by atoms with Crippen LogP contribution >= 0.6 is 15.9 Å². The van der Waals surface area contributed by atoms with E-state index in [2.05, 4.69) is 58.6 Å². The highest BCUT2D eigenvalue weighted by molar-refractivity contribution is 9.09. The molecule has 74 valence electrons. The molecule has 0 saturated heterocycles. The highest BCUT2D eigenvalue weighted by atomic mass is 79.9. The monoisotopic (exact) mass is 251 g/mol. The minimum atomic E-state index is 1.01. The molecule has 0 amide bonds. The van der Waals surface area contributed by atoms with Gasteiger partial charge in [-0.2, -0.15) is 0 Å². The van der Waals surface area contributed by atoms with Crippen LogP contribution < -0.4 is 0 Å². The smallest absolute Gasteiger partial charge is 0.0485 e. The molecule has 0 N–H and O–H groups in total. The van der Waals surface area contributed by atoms with E-state index in [9.17, 15) is 0 Å². The third-order valence-corrected chi connectivity index (χ3v) is 3.21. The maximum absolute atomic E-state index is 3.49. The van der Waals surface area contributed by atoms with Crippen LogP contribution in [0.25, 0.3) is 10.9 Å². The Balaban J connectivity index is 2.74. The van der Waals surface area contributed by atoms with Crippen LogP contribution in [0, 0.1) is 13.8 Å². The summed E-state index contributed by atoms with van der Waals surface area (Å²) in [6, 6.07) is 8.60. The Labute approximate surface area is 92.9 Å². The fourth-order valence-corrected chi connectivity index (χ4v) is 2.33. The molecule has 1 aromatic carbocycles. The Bertz CT molecular complexity index is 457. The number of aromatic nitrogens is 1. The molecule has 0 atom stereocenters. The Morgan fingerprint density at radius 1 is 1.21 bits per heavy atom. The van der Waals surface area contributed by atoms with E-state index >= 15 is 0 Å². The van der Waals surface area contributed by atoms with E-state index in [1.807, 2.05) is 0 Å². The van der Waals surface area contributed by atoms with Crippen molar-refractivity contribution in [1.29, 1.82) is 0 Å². The van der Waals surface area contributed by atoms with Gasteiger partial charge >= 0.3 is 0 Å². The van der Waals surface area contributed by atoms with Gasteiger partial charge in [-0.25, -0.2) is 0 Å². The Hall–Kier alpha value is -0.760. The summed E-state index contributed by atoms with van der Waals surface area (Å²) < 4.78 is 2.37. The molecule has 0 aliphatic heterocycles. The molecule has 2 rings (SSSR count). The van der Waals surface area contributed by atoms with Gasteiger partial charge in [0.25, 0.3) is 0 Å². The van der Waals surface area contributed by atoms with Crippen molar-refractivity contribution >= 4 is 26.8 Å². The van der Waals surface area contributed by atoms with E-state index < -0.39 is 0 Å². The van der Waals surface area contributed by atoms with Crippen molar-refractivity contribution in [3.63, 3.8) is 0 Å². The Morgan fingerprint density at radius 2 is 1.93 bits per heavy atom. The van der Waals surface area contributed by atoms with E-state index in [0.717, 1.165) is 11.9 Å². The van der Waals surface area contributed by atoms with Gasteiger partial charge in [0.15, 0.2) is 0 Å². The quantitative estimate of drug-likeness (QED) is 0.719. The maximum Gasteiger partial charge on any atom is 0.0485 e. The number of para-hydroxylation sites is 1. The number of fused-ring (bicyclic) bond motifs is 1. The SMILES string of the molecule is Cc1c(C)n(CCBr)c2ccccc12. The summed E-state index contributed by atoms with van der Waals surface area (Å²) >= 11 is 3.49. The van der Waals surface area contributed by atoms with Gasteiger partial charge < -0.3 is 4.57 Å². The normalized spacial score (nSPS) is 11.1. The van der Waals surface area contributed by atoms with E-state index in [1.54, 1.807) is 0 Å². The van der Waals surface area contributed by atoms with Crippen LogP contribution in [0.5, 0.6) is 0 Å². The lowest BCUT2D eigenvalue weighted by molar-refractivity contribution is 0.779. The number of benzene rings is 1. The molecule has 0 spiro atoms. The molecule has 0 bridgehead atoms. The van der Waals surface area contributed by atoms with Gasteiger partial charge in [0.05, 0.1) is 0 Å². The molecule has 0 unspecified atom stereocenters. The third kappa shape index (κ3) is 1.38. The van der Waals surface area contributed by atoms with Crippen LogP contribution in [0.1, 0.15) is 11.3 Å². The first kappa shape index (κ1) is 9.78. The van der Waals surface area contributed by atoms with Gasteiger partial charge in [0, 0.05) is 28.5 Å². The second kappa shape index (κ2) is 3.77. The molecule has 0 aliphatic carbocycles. The van der Waals surface area contributed by atoms with Crippen LogP contribution in [-0.2, 0) is 6.54 Å². The summed E-state index contributed by atoms with van der Waals surface area (Å²) in [6.45, 7) is 5.43. The van der Waals surface area contributed by atoms with Crippen LogP contribution in [0.4, 0.5) is 0 Å². The Kier molecular flexibility index (Phi) is 2.64. The molecule has 0 radical (unpaired) electrons. The zero-order valence-corrected chi connectivity index (χ0v) is 10.1. The molecule has 0 aliphatic rings. The van der Waals surface area contributed by atoms with Crippen molar-refractivity contribution in [3.05, 3.63) is 35.5 Å². The van der Waals surface area contributed by atoms with Gasteiger partial charge in [0.1, 0.15) is 0 Å². The summed E-state index contributed by atoms with van der Waals surface area (Å²) in [5.74, 6) is 0. The summed E-state index contributed by atoms with van der Waals surface area (Å²) in [7, 11) is 0. The first-order valence-corrected chi connectivity index (χ1v) is 5.98. The number of nitrogens with zero attached hydrogens (tertiary/aromatic N) is 1. The van der Waals surface area contributed by atoms with E-state index in [0.29, 0.717) is 0 Å². The molecular weight excluding hydrogens is 238 g/mol. The lowest BCUT2D eigenvalue weighted by Gasteiger charge is -2.04. The molecule has 2 aromatic rings. The maximum atomic E-state index is 3.49. The number of aryl methyl sites for hydroxylation is 2. The predicted molar refractivity (Wildman–Crippen MR) is 65.2 cm³/mol. The second-order valence-electron chi connectivity index (χ2n) is 3.57. The zero-order chi connectivity index (χ0) is 10.1. The van der Waals surface area contributed by atoms with Crippen molar-refractivity contribution in [2.75, 3.05) is 5.33 Å². The first-order valence-electron chi connectivity index (χ1n) is 4.86. The number of hydrogen-bond donors (Lipinski definition) is 0. The number of rotatable bonds is 2. The lowest BCUT2D eigenvalue weighted by atomic mass is 10.2. The summed E-state index contributed by atoms with van der Waals surface area (Å²) in [4.78, 5) is 0. The third-order valence-electron chi connectivity index (χ3n) is 2.85. The molecule has 0 saturated carbocycles. The standard InChI is InChI=1S/C12H14BrN/c1-9-10(2)14(8-7-13)12-6-4-3-5-11(9)12/h3-6H,7-8H2,1-2H3. The topological polar surface area (TPSA) is 4.93 Å². The van der Waals surface area contributed by atoms with E-state index in [1.165, 1.54) is 22.2 Å². The average molecular weight is 252 g/mol. The molecular formula is C12H14BrN. The predicted octanol–water partition coefficient (Wildman–Crippen LogP) is 3.65. The fourth-order valence-electron chi connectivity index (χ4n) is 1.98. The van der Waals surface area contributed by atoms with Crippen molar-refractivity contribution in [2.45, 2.75) is 20.4 Å². The molecule has 2 heteroatoms. The van der Waals surface area contributed by atoms with Crippen molar-refractivity contribution < 1.29 is 0 Å². The lowest BCUT2D eigenvalue weighted by Crippen LogP contribution is -2.00. The molecule has 1 aromatic heterocycles. The largest absolute Gasteiger partial charge is 0.344 e. The molecule has 1 heterocycles. The summed E-state index contributed by atoms with van der Waals surface area (Å²) in [6.07, 6.45) is 0. The van der Waals surface area contributed by atoms with Gasteiger partial charge in [-0.05, 0) is 25.5 Å². The highest BCUT2D eigenvalue weighted by Gasteiger charge is 2.08. The fraction of sp³-hybridized carbons (Fsp3) is 0.333. The van der Waals surface area contributed by atoms with Crippen molar-refractivity contribution in [3.8, 4) is 0 Å². The van der Waals surface area contributed by atoms with Crippen molar-refractivity contribution in [1.82, 2.24) is 4.57 Å². The average Bonchev–Trinajstić information content (AvgIpc) is 2.45. The second-order valence-corrected chi connectivity index (χ2v) is 4.36. The van der Waals surface area contributed by atoms with E-state index in [-0.39, 0.29) is 0 Å². The van der Waals surface area contributed by atoms with Crippen LogP contribution in [-0.4, -0.2) is 9.90 Å². The van der Waals surface area contributed by atoms with Gasteiger partial charge in [-0.1, -0.05) is 34.1 Å². The summed E-state index contributed by atoms with van der Waals surface area (Å²) in [5.41, 5.74) is 4.13. The number of halogens is 1. The number of alkyl halides is 1. The van der Waals surface area contributed by atoms with Gasteiger partial charge in [0.2, 0.25) is 0 Å². The summed E-state index contributed by atoms with van der Waals surface area (Å²) in [5, 5.41) is 2.39. The minimum Gasteiger partial charge on any atom is -0.344 e. The van der Waals surface area contributed by atoms with Gasteiger partial charge in [-0.3, -0.25) is 0 Å². The molecule has 14 heavy (non-hydrogen) atoms. The molecule has 0 fully saturated rings. The molecule has 1 nitrogen and oxygen atoms in total. The Morgan fingerprint density at radius 3 is 2.64 bits per heavy atom. The minimum absolute atomic E-state index is 1.01. The highest BCUT2D eigenvalue weighted by Crippen LogP contribution is 2.24.